The lowest BCUT2D eigenvalue weighted by Gasteiger charge is -2.23. The van der Waals surface area contributed by atoms with Crippen LogP contribution in [0.25, 0.3) is 0 Å². The van der Waals surface area contributed by atoms with E-state index in [1.165, 1.54) is 0 Å². The molecule has 0 bridgehead atoms. The molecule has 0 saturated heterocycles. The highest BCUT2D eigenvalue weighted by atomic mass is 16.3. The summed E-state index contributed by atoms with van der Waals surface area (Å²) in [6.07, 6.45) is 0.922. The van der Waals surface area contributed by atoms with Gasteiger partial charge in [0.2, 0.25) is 0 Å². The minimum Gasteiger partial charge on any atom is -0.508 e. The van der Waals surface area contributed by atoms with Crippen LogP contribution < -0.4 is 10.2 Å². The van der Waals surface area contributed by atoms with Gasteiger partial charge in [0, 0.05) is 24.3 Å². The van der Waals surface area contributed by atoms with E-state index in [1.54, 1.807) is 24.3 Å². The van der Waals surface area contributed by atoms with Crippen molar-refractivity contribution in [3.8, 4) is 5.75 Å². The molecule has 0 spiro atoms. The Bertz CT molecular complexity index is 882. The van der Waals surface area contributed by atoms with Gasteiger partial charge in [-0.3, -0.25) is 4.79 Å². The number of aromatic nitrogens is 2. The molecule has 27 heavy (non-hydrogen) atoms. The van der Waals surface area contributed by atoms with Gasteiger partial charge in [0.25, 0.3) is 5.91 Å². The molecule has 138 valence electrons. The zero-order chi connectivity index (χ0) is 19.1. The molecule has 0 saturated carbocycles. The maximum Gasteiger partial charge on any atom is 0.276 e. The van der Waals surface area contributed by atoms with Gasteiger partial charge in [0.05, 0.1) is 0 Å². The molecule has 3 rings (SSSR count). The minimum atomic E-state index is -0.303. The van der Waals surface area contributed by atoms with Gasteiger partial charge in [0.1, 0.15) is 5.75 Å². The van der Waals surface area contributed by atoms with Crippen LogP contribution in [0.4, 0.5) is 11.5 Å². The Morgan fingerprint density at radius 3 is 2.41 bits per heavy atom. The van der Waals surface area contributed by atoms with Crippen LogP contribution in [0.3, 0.4) is 0 Å². The third kappa shape index (κ3) is 4.82. The zero-order valence-electron chi connectivity index (χ0n) is 15.2. The van der Waals surface area contributed by atoms with Crippen molar-refractivity contribution in [3.63, 3.8) is 0 Å². The number of rotatable bonds is 7. The van der Waals surface area contributed by atoms with Gasteiger partial charge in [-0.1, -0.05) is 43.3 Å². The van der Waals surface area contributed by atoms with E-state index in [9.17, 15) is 9.90 Å². The Balaban J connectivity index is 1.73. The van der Waals surface area contributed by atoms with Gasteiger partial charge in [-0.2, -0.15) is 0 Å². The second-order valence-electron chi connectivity index (χ2n) is 6.15. The largest absolute Gasteiger partial charge is 0.508 e. The Labute approximate surface area is 158 Å². The fourth-order valence-electron chi connectivity index (χ4n) is 2.73. The normalized spacial score (nSPS) is 10.4. The number of hydrogen-bond acceptors (Lipinski definition) is 5. The van der Waals surface area contributed by atoms with E-state index in [0.717, 1.165) is 18.5 Å². The van der Waals surface area contributed by atoms with Crippen molar-refractivity contribution in [2.24, 2.45) is 0 Å². The number of carbonyl (C=O) groups is 1. The molecule has 0 aliphatic rings. The summed E-state index contributed by atoms with van der Waals surface area (Å²) in [5.74, 6) is 0.616. The molecule has 6 nitrogen and oxygen atoms in total. The molecular weight excluding hydrogens is 340 g/mol. The van der Waals surface area contributed by atoms with E-state index in [2.05, 4.69) is 22.4 Å². The number of anilines is 2. The predicted octanol–water partition coefficient (Wildman–Crippen LogP) is 3.85. The van der Waals surface area contributed by atoms with Crippen LogP contribution >= 0.6 is 0 Å². The van der Waals surface area contributed by atoms with Crippen LogP contribution in [0.2, 0.25) is 0 Å². The molecule has 0 unspecified atom stereocenters. The Kier molecular flexibility index (Phi) is 5.99. The molecule has 1 heterocycles. The van der Waals surface area contributed by atoms with Crippen molar-refractivity contribution < 1.29 is 9.90 Å². The summed E-state index contributed by atoms with van der Waals surface area (Å²) >= 11 is 0. The van der Waals surface area contributed by atoms with Crippen molar-refractivity contribution in [1.82, 2.24) is 10.2 Å². The van der Waals surface area contributed by atoms with Gasteiger partial charge in [-0.15, -0.1) is 10.2 Å². The van der Waals surface area contributed by atoms with E-state index in [-0.39, 0.29) is 17.4 Å². The summed E-state index contributed by atoms with van der Waals surface area (Å²) in [5.41, 5.74) is 1.78. The zero-order valence-corrected chi connectivity index (χ0v) is 15.2. The fraction of sp³-hybridized carbons (Fsp3) is 0.190. The third-order valence-electron chi connectivity index (χ3n) is 4.09. The number of carbonyl (C=O) groups excluding carboxylic acids is 1. The first-order chi connectivity index (χ1) is 13.2. The highest BCUT2D eigenvalue weighted by Gasteiger charge is 2.13. The third-order valence-corrected chi connectivity index (χ3v) is 4.09. The minimum absolute atomic E-state index is 0.251. The molecule has 1 aromatic heterocycles. The number of nitrogens with one attached hydrogen (secondary N) is 1. The quantitative estimate of drug-likeness (QED) is 0.667. The van der Waals surface area contributed by atoms with Gasteiger partial charge in [-0.05, 0) is 36.8 Å². The molecule has 0 atom stereocenters. The second-order valence-corrected chi connectivity index (χ2v) is 6.15. The lowest BCUT2D eigenvalue weighted by Crippen LogP contribution is -2.25. The van der Waals surface area contributed by atoms with Crippen molar-refractivity contribution in [3.05, 3.63) is 78.0 Å². The molecule has 6 heteroatoms. The first-order valence-corrected chi connectivity index (χ1v) is 8.89. The fourth-order valence-corrected chi connectivity index (χ4v) is 2.73. The SMILES string of the molecule is CCCN(Cc1ccccc1O)c1ccc(C(=O)Nc2ccccc2)nn1. The number of amides is 1. The van der Waals surface area contributed by atoms with Crippen LogP contribution in [0.1, 0.15) is 29.4 Å². The number of para-hydroxylation sites is 2. The van der Waals surface area contributed by atoms with E-state index < -0.39 is 0 Å². The highest BCUT2D eigenvalue weighted by molar-refractivity contribution is 6.02. The number of nitrogens with zero attached hydrogens (tertiary/aromatic N) is 3. The number of phenols is 1. The number of benzene rings is 2. The monoisotopic (exact) mass is 362 g/mol. The molecule has 1 amide bonds. The van der Waals surface area contributed by atoms with Gasteiger partial charge >= 0.3 is 0 Å². The molecular formula is C21H22N4O2. The van der Waals surface area contributed by atoms with Crippen LogP contribution in [0.15, 0.2) is 66.7 Å². The summed E-state index contributed by atoms with van der Waals surface area (Å²) in [6, 6.07) is 19.9. The van der Waals surface area contributed by atoms with Crippen LogP contribution in [0, 0.1) is 0 Å². The second kappa shape index (κ2) is 8.80. The van der Waals surface area contributed by atoms with E-state index in [4.69, 9.17) is 0 Å². The van der Waals surface area contributed by atoms with Crippen molar-refractivity contribution in [2.75, 3.05) is 16.8 Å². The van der Waals surface area contributed by atoms with E-state index in [1.807, 2.05) is 47.4 Å². The van der Waals surface area contributed by atoms with Gasteiger partial charge in [0.15, 0.2) is 11.5 Å². The number of phenolic OH excluding ortho intramolecular Hbond substituents is 1. The topological polar surface area (TPSA) is 78.4 Å². The first-order valence-electron chi connectivity index (χ1n) is 8.89. The molecule has 0 aliphatic heterocycles. The number of hydrogen-bond donors (Lipinski definition) is 2. The Hall–Kier alpha value is -3.41. The molecule has 0 aliphatic carbocycles. The van der Waals surface area contributed by atoms with E-state index >= 15 is 0 Å². The first kappa shape index (κ1) is 18.4. The molecule has 2 aromatic carbocycles. The predicted molar refractivity (Wildman–Crippen MR) is 106 cm³/mol. The molecule has 0 fully saturated rings. The van der Waals surface area contributed by atoms with Crippen LogP contribution in [0.5, 0.6) is 5.75 Å². The summed E-state index contributed by atoms with van der Waals surface area (Å²) in [5, 5.41) is 21.1. The van der Waals surface area contributed by atoms with E-state index in [0.29, 0.717) is 18.1 Å². The highest BCUT2D eigenvalue weighted by Crippen LogP contribution is 2.21. The van der Waals surface area contributed by atoms with Crippen molar-refractivity contribution in [2.45, 2.75) is 19.9 Å². The van der Waals surface area contributed by atoms with Gasteiger partial charge < -0.3 is 15.3 Å². The van der Waals surface area contributed by atoms with Crippen molar-refractivity contribution >= 4 is 17.4 Å². The van der Waals surface area contributed by atoms with Crippen LogP contribution in [-0.2, 0) is 6.54 Å². The molecule has 3 aromatic rings. The lowest BCUT2D eigenvalue weighted by atomic mass is 10.2. The average Bonchev–Trinajstić information content (AvgIpc) is 2.70. The smallest absolute Gasteiger partial charge is 0.276 e. The summed E-state index contributed by atoms with van der Waals surface area (Å²) in [7, 11) is 0. The molecule has 2 N–H and O–H groups in total. The maximum atomic E-state index is 12.3. The molecule has 0 radical (unpaired) electrons. The summed E-state index contributed by atoms with van der Waals surface area (Å²) < 4.78 is 0. The standard InChI is InChI=1S/C21H22N4O2/c1-2-14-25(15-16-8-6-7-11-19(16)26)20-13-12-18(23-24-20)21(27)22-17-9-4-3-5-10-17/h3-13,26H,2,14-15H2,1H3,(H,22,27). The van der Waals surface area contributed by atoms with Crippen molar-refractivity contribution in [1.29, 1.82) is 0 Å². The maximum absolute atomic E-state index is 12.3. The average molecular weight is 362 g/mol. The number of aromatic hydroxyl groups is 1. The lowest BCUT2D eigenvalue weighted by molar-refractivity contribution is 0.102. The Morgan fingerprint density at radius 2 is 1.74 bits per heavy atom. The van der Waals surface area contributed by atoms with Crippen LogP contribution in [-0.4, -0.2) is 27.8 Å². The summed E-state index contributed by atoms with van der Waals surface area (Å²) in [6.45, 7) is 3.36. The summed E-state index contributed by atoms with van der Waals surface area (Å²) in [4.78, 5) is 14.3. The van der Waals surface area contributed by atoms with Gasteiger partial charge in [-0.25, -0.2) is 0 Å². The Morgan fingerprint density at radius 1 is 1.00 bits per heavy atom.